The zero-order chi connectivity index (χ0) is 12.5. The topological polar surface area (TPSA) is 27.7 Å². The van der Waals surface area contributed by atoms with Crippen molar-refractivity contribution >= 4 is 0 Å². The van der Waals surface area contributed by atoms with Gasteiger partial charge in [-0.2, -0.15) is 0 Å². The maximum Gasteiger partial charge on any atom is 0.0699 e. The standard InChI is InChI=1S/C13H29N3O/c1-4-13-12-16(8-5-11-17-13)10-7-14-6-9-15(2)3/h13-14H,4-12H2,1-3H3. The number of likely N-dealkylation sites (N-methyl/N-ethyl adjacent to an activating group) is 1. The molecule has 4 heteroatoms. The van der Waals surface area contributed by atoms with Gasteiger partial charge in [-0.1, -0.05) is 6.92 Å². The fourth-order valence-corrected chi connectivity index (χ4v) is 2.09. The van der Waals surface area contributed by atoms with Crippen LogP contribution in [-0.4, -0.2) is 75.9 Å². The molecule has 102 valence electrons. The summed E-state index contributed by atoms with van der Waals surface area (Å²) in [5.41, 5.74) is 0. The molecule has 1 rings (SSSR count). The quantitative estimate of drug-likeness (QED) is 0.664. The Labute approximate surface area is 106 Å². The third-order valence-electron chi connectivity index (χ3n) is 3.23. The molecule has 0 amide bonds. The highest BCUT2D eigenvalue weighted by molar-refractivity contribution is 4.69. The Morgan fingerprint density at radius 2 is 2.18 bits per heavy atom. The van der Waals surface area contributed by atoms with Crippen molar-refractivity contribution in [1.82, 2.24) is 15.1 Å². The van der Waals surface area contributed by atoms with Crippen LogP contribution in [0.5, 0.6) is 0 Å². The molecule has 0 saturated carbocycles. The van der Waals surface area contributed by atoms with Gasteiger partial charge < -0.3 is 15.0 Å². The van der Waals surface area contributed by atoms with Gasteiger partial charge in [0.1, 0.15) is 0 Å². The molecule has 1 N–H and O–H groups in total. The minimum absolute atomic E-state index is 0.444. The third kappa shape index (κ3) is 6.99. The molecule has 0 radical (unpaired) electrons. The van der Waals surface area contributed by atoms with Crippen molar-refractivity contribution in [2.45, 2.75) is 25.9 Å². The first kappa shape index (κ1) is 14.9. The highest BCUT2D eigenvalue weighted by atomic mass is 16.5. The average Bonchev–Trinajstić information content (AvgIpc) is 2.53. The Morgan fingerprint density at radius 3 is 2.88 bits per heavy atom. The van der Waals surface area contributed by atoms with E-state index in [9.17, 15) is 0 Å². The minimum Gasteiger partial charge on any atom is -0.377 e. The van der Waals surface area contributed by atoms with E-state index in [1.165, 1.54) is 13.0 Å². The first-order valence-corrected chi connectivity index (χ1v) is 6.91. The molecule has 4 nitrogen and oxygen atoms in total. The van der Waals surface area contributed by atoms with Crippen LogP contribution in [0.3, 0.4) is 0 Å². The Bertz CT molecular complexity index is 188. The van der Waals surface area contributed by atoms with Crippen molar-refractivity contribution in [2.24, 2.45) is 0 Å². The van der Waals surface area contributed by atoms with Crippen molar-refractivity contribution in [3.8, 4) is 0 Å². The van der Waals surface area contributed by atoms with Crippen LogP contribution in [0.25, 0.3) is 0 Å². The Morgan fingerprint density at radius 1 is 1.35 bits per heavy atom. The molecule has 0 aromatic heterocycles. The van der Waals surface area contributed by atoms with E-state index in [-0.39, 0.29) is 0 Å². The van der Waals surface area contributed by atoms with E-state index in [0.717, 1.165) is 45.8 Å². The van der Waals surface area contributed by atoms with E-state index in [2.05, 4.69) is 36.1 Å². The minimum atomic E-state index is 0.444. The Balaban J connectivity index is 2.08. The normalized spacial score (nSPS) is 22.9. The number of nitrogens with one attached hydrogen (secondary N) is 1. The van der Waals surface area contributed by atoms with E-state index in [1.807, 2.05) is 0 Å². The highest BCUT2D eigenvalue weighted by Gasteiger charge is 2.16. The molecule has 0 bridgehead atoms. The van der Waals surface area contributed by atoms with Gasteiger partial charge >= 0.3 is 0 Å². The van der Waals surface area contributed by atoms with Crippen molar-refractivity contribution in [2.75, 3.05) is 60.0 Å². The summed E-state index contributed by atoms with van der Waals surface area (Å²) in [7, 11) is 4.22. The van der Waals surface area contributed by atoms with Gasteiger partial charge in [-0.3, -0.25) is 4.90 Å². The summed E-state index contributed by atoms with van der Waals surface area (Å²) in [5, 5.41) is 3.49. The van der Waals surface area contributed by atoms with Crippen LogP contribution in [0.1, 0.15) is 19.8 Å². The maximum atomic E-state index is 5.77. The summed E-state index contributed by atoms with van der Waals surface area (Å²) >= 11 is 0. The Hall–Kier alpha value is -0.160. The van der Waals surface area contributed by atoms with Gasteiger partial charge in [-0.25, -0.2) is 0 Å². The second-order valence-corrected chi connectivity index (χ2v) is 5.11. The molecule has 1 aliphatic rings. The molecule has 0 aliphatic carbocycles. The highest BCUT2D eigenvalue weighted by Crippen LogP contribution is 2.07. The Kier molecular flexibility index (Phi) is 7.77. The molecule has 0 spiro atoms. The molecule has 1 saturated heterocycles. The molecule has 1 heterocycles. The zero-order valence-corrected chi connectivity index (χ0v) is 11.7. The molecule has 1 fully saturated rings. The van der Waals surface area contributed by atoms with Gasteiger partial charge in [0.2, 0.25) is 0 Å². The average molecular weight is 243 g/mol. The molecular weight excluding hydrogens is 214 g/mol. The predicted molar refractivity (Wildman–Crippen MR) is 72.5 cm³/mol. The van der Waals surface area contributed by atoms with Gasteiger partial charge in [-0.15, -0.1) is 0 Å². The number of nitrogens with zero attached hydrogens (tertiary/aromatic N) is 2. The van der Waals surface area contributed by atoms with Gasteiger partial charge in [-0.05, 0) is 26.9 Å². The first-order chi connectivity index (χ1) is 8.22. The van der Waals surface area contributed by atoms with E-state index >= 15 is 0 Å². The third-order valence-corrected chi connectivity index (χ3v) is 3.23. The van der Waals surface area contributed by atoms with Gasteiger partial charge in [0.15, 0.2) is 0 Å². The van der Waals surface area contributed by atoms with Crippen molar-refractivity contribution in [3.05, 3.63) is 0 Å². The number of hydrogen-bond acceptors (Lipinski definition) is 4. The summed E-state index contributed by atoms with van der Waals surface area (Å²) in [6.45, 7) is 9.86. The van der Waals surface area contributed by atoms with Crippen molar-refractivity contribution < 1.29 is 4.74 Å². The fourth-order valence-electron chi connectivity index (χ4n) is 2.09. The van der Waals surface area contributed by atoms with Gasteiger partial charge in [0.05, 0.1) is 6.10 Å². The van der Waals surface area contributed by atoms with Crippen LogP contribution in [0.4, 0.5) is 0 Å². The van der Waals surface area contributed by atoms with Gasteiger partial charge in [0.25, 0.3) is 0 Å². The summed E-state index contributed by atoms with van der Waals surface area (Å²) in [5.74, 6) is 0. The molecule has 0 aromatic rings. The van der Waals surface area contributed by atoms with E-state index < -0.39 is 0 Å². The molecule has 1 unspecified atom stereocenters. The van der Waals surface area contributed by atoms with Crippen molar-refractivity contribution in [1.29, 1.82) is 0 Å². The lowest BCUT2D eigenvalue weighted by Crippen LogP contribution is -2.38. The largest absolute Gasteiger partial charge is 0.377 e. The number of rotatable bonds is 7. The van der Waals surface area contributed by atoms with Crippen LogP contribution >= 0.6 is 0 Å². The predicted octanol–water partition coefficient (Wildman–Crippen LogP) is 0.639. The van der Waals surface area contributed by atoms with Crippen LogP contribution < -0.4 is 5.32 Å². The van der Waals surface area contributed by atoms with Crippen LogP contribution in [0.2, 0.25) is 0 Å². The number of ether oxygens (including phenoxy) is 1. The van der Waals surface area contributed by atoms with Crippen LogP contribution in [0, 0.1) is 0 Å². The molecule has 1 atom stereocenters. The molecular formula is C13H29N3O. The monoisotopic (exact) mass is 243 g/mol. The maximum absolute atomic E-state index is 5.77. The van der Waals surface area contributed by atoms with E-state index in [0.29, 0.717) is 6.10 Å². The second kappa shape index (κ2) is 8.86. The van der Waals surface area contributed by atoms with Crippen LogP contribution in [-0.2, 0) is 4.74 Å². The summed E-state index contributed by atoms with van der Waals surface area (Å²) in [6.07, 6.45) is 2.75. The van der Waals surface area contributed by atoms with Crippen LogP contribution in [0.15, 0.2) is 0 Å². The SMILES string of the molecule is CCC1CN(CCNCCN(C)C)CCCO1. The zero-order valence-electron chi connectivity index (χ0n) is 11.7. The van der Waals surface area contributed by atoms with E-state index in [1.54, 1.807) is 0 Å². The molecule has 0 aromatic carbocycles. The molecule has 17 heavy (non-hydrogen) atoms. The second-order valence-electron chi connectivity index (χ2n) is 5.11. The van der Waals surface area contributed by atoms with E-state index in [4.69, 9.17) is 4.74 Å². The summed E-state index contributed by atoms with van der Waals surface area (Å²) in [6, 6.07) is 0. The van der Waals surface area contributed by atoms with Gasteiger partial charge in [0, 0.05) is 45.9 Å². The summed E-state index contributed by atoms with van der Waals surface area (Å²) < 4.78 is 5.77. The lowest BCUT2D eigenvalue weighted by Gasteiger charge is -2.23. The smallest absolute Gasteiger partial charge is 0.0699 e. The fraction of sp³-hybridized carbons (Fsp3) is 1.00. The molecule has 1 aliphatic heterocycles. The lowest BCUT2D eigenvalue weighted by molar-refractivity contribution is 0.0521. The lowest BCUT2D eigenvalue weighted by atomic mass is 10.2. The van der Waals surface area contributed by atoms with Crippen molar-refractivity contribution in [3.63, 3.8) is 0 Å². The first-order valence-electron chi connectivity index (χ1n) is 6.91. The summed E-state index contributed by atoms with van der Waals surface area (Å²) in [4.78, 5) is 4.74. The number of hydrogen-bond donors (Lipinski definition) is 1.